The van der Waals surface area contributed by atoms with Gasteiger partial charge in [-0.25, -0.2) is 9.97 Å². The normalized spacial score (nSPS) is 10.7. The largest absolute Gasteiger partial charge is 0.365 e. The van der Waals surface area contributed by atoms with Crippen LogP contribution in [0.15, 0.2) is 23.4 Å². The predicted octanol–water partition coefficient (Wildman–Crippen LogP) is 3.49. The molecule has 10 heteroatoms. The Balaban J connectivity index is 2.37. The molecule has 0 unspecified atom stereocenters. The van der Waals surface area contributed by atoms with Gasteiger partial charge in [-0.05, 0) is 38.3 Å². The number of nitrogens with one attached hydrogen (secondary N) is 2. The van der Waals surface area contributed by atoms with Crippen molar-refractivity contribution < 1.29 is 9.59 Å². The lowest BCUT2D eigenvalue weighted by Gasteiger charge is -2.13. The molecule has 2 amide bonds. The number of rotatable bonds is 6. The molecule has 0 atom stereocenters. The van der Waals surface area contributed by atoms with Crippen LogP contribution in [-0.2, 0) is 0 Å². The number of hydrogen-bond acceptors (Lipinski definition) is 6. The highest BCUT2D eigenvalue weighted by atomic mass is 35.5. The lowest BCUT2D eigenvalue weighted by Crippen LogP contribution is -2.30. The van der Waals surface area contributed by atoms with E-state index in [9.17, 15) is 9.59 Å². The minimum Gasteiger partial charge on any atom is -0.365 e. The fourth-order valence-corrected chi connectivity index (χ4v) is 3.01. The molecule has 0 aliphatic carbocycles. The van der Waals surface area contributed by atoms with E-state index in [1.165, 1.54) is 11.8 Å². The van der Waals surface area contributed by atoms with Crippen LogP contribution in [-0.4, -0.2) is 34.1 Å². The summed E-state index contributed by atoms with van der Waals surface area (Å²) < 4.78 is 0. The third-order valence-corrected chi connectivity index (χ3v) is 4.30. The molecule has 0 saturated heterocycles. The summed E-state index contributed by atoms with van der Waals surface area (Å²) in [6.07, 6.45) is 1.78. The summed E-state index contributed by atoms with van der Waals surface area (Å²) in [5, 5.41) is 6.30. The maximum absolute atomic E-state index is 12.1. The van der Waals surface area contributed by atoms with E-state index in [0.29, 0.717) is 16.4 Å². The first kappa shape index (κ1) is 20.3. The molecule has 2 rings (SSSR count). The molecule has 0 fully saturated rings. The van der Waals surface area contributed by atoms with E-state index >= 15 is 0 Å². The number of halogens is 2. The van der Waals surface area contributed by atoms with Crippen molar-refractivity contribution in [3.8, 4) is 0 Å². The number of nitrogens with zero attached hydrogens (tertiary/aromatic N) is 2. The van der Waals surface area contributed by atoms with Gasteiger partial charge >= 0.3 is 0 Å². The van der Waals surface area contributed by atoms with Gasteiger partial charge in [0.05, 0.1) is 10.6 Å². The van der Waals surface area contributed by atoms with E-state index in [1.54, 1.807) is 24.5 Å². The molecule has 0 aliphatic heterocycles. The molecule has 138 valence electrons. The molecule has 1 heterocycles. The fourth-order valence-electron chi connectivity index (χ4n) is 2.07. The first-order valence-corrected chi connectivity index (χ1v) is 9.49. The number of carbonyl (C=O) groups is 2. The van der Waals surface area contributed by atoms with Gasteiger partial charge in [0.2, 0.25) is 0 Å². The zero-order valence-electron chi connectivity index (χ0n) is 14.3. The lowest BCUT2D eigenvalue weighted by atomic mass is 10.1. The maximum atomic E-state index is 12.1. The second kappa shape index (κ2) is 8.57. The first-order valence-electron chi connectivity index (χ1n) is 7.51. The van der Waals surface area contributed by atoms with Gasteiger partial charge in [0.1, 0.15) is 16.5 Å². The highest BCUT2D eigenvalue weighted by Crippen LogP contribution is 2.28. The number of thioether (sulfide) groups is 1. The smallest absolute Gasteiger partial charge is 0.255 e. The van der Waals surface area contributed by atoms with E-state index in [1.807, 2.05) is 13.8 Å². The van der Waals surface area contributed by atoms with Gasteiger partial charge in [0.15, 0.2) is 5.16 Å². The molecule has 1 aromatic carbocycles. The predicted molar refractivity (Wildman–Crippen MR) is 105 cm³/mol. The number of nitrogens with two attached hydrogens (primary N) is 1. The minimum absolute atomic E-state index is 0.0115. The molecular formula is C16H17Cl2N5O2S. The number of hydrogen-bond donors (Lipinski definition) is 3. The van der Waals surface area contributed by atoms with Crippen molar-refractivity contribution in [1.82, 2.24) is 15.3 Å². The Hall–Kier alpha value is -2.03. The Bertz CT molecular complexity index is 861. The van der Waals surface area contributed by atoms with Crippen molar-refractivity contribution in [1.29, 1.82) is 0 Å². The fraction of sp³-hybridized carbons (Fsp3) is 0.250. The number of primary amides is 1. The summed E-state index contributed by atoms with van der Waals surface area (Å²) in [7, 11) is 0. The Labute approximate surface area is 165 Å². The second-order valence-corrected chi connectivity index (χ2v) is 7.08. The highest BCUT2D eigenvalue weighted by molar-refractivity contribution is 7.98. The van der Waals surface area contributed by atoms with Crippen LogP contribution in [0.3, 0.4) is 0 Å². The minimum atomic E-state index is -0.760. The van der Waals surface area contributed by atoms with Crippen LogP contribution in [0.2, 0.25) is 10.2 Å². The number of benzene rings is 1. The Morgan fingerprint density at radius 2 is 1.92 bits per heavy atom. The topological polar surface area (TPSA) is 110 Å². The summed E-state index contributed by atoms with van der Waals surface area (Å²) in [5.74, 6) is -0.870. The zero-order chi connectivity index (χ0) is 19.4. The quantitative estimate of drug-likeness (QED) is 0.379. The van der Waals surface area contributed by atoms with Gasteiger partial charge in [-0.1, -0.05) is 35.0 Å². The number of anilines is 2. The lowest BCUT2D eigenvalue weighted by molar-refractivity contribution is 0.0942. The average molecular weight is 414 g/mol. The van der Waals surface area contributed by atoms with Crippen LogP contribution in [0.5, 0.6) is 0 Å². The van der Waals surface area contributed by atoms with Gasteiger partial charge in [0, 0.05) is 11.7 Å². The van der Waals surface area contributed by atoms with Crippen molar-refractivity contribution in [2.75, 3.05) is 11.6 Å². The Morgan fingerprint density at radius 3 is 2.46 bits per heavy atom. The van der Waals surface area contributed by atoms with Gasteiger partial charge in [-0.15, -0.1) is 0 Å². The van der Waals surface area contributed by atoms with Crippen LogP contribution in [0.1, 0.15) is 34.6 Å². The van der Waals surface area contributed by atoms with E-state index < -0.39 is 5.91 Å². The molecule has 26 heavy (non-hydrogen) atoms. The van der Waals surface area contributed by atoms with E-state index in [2.05, 4.69) is 20.6 Å². The molecule has 0 radical (unpaired) electrons. The van der Waals surface area contributed by atoms with E-state index in [-0.39, 0.29) is 33.5 Å². The van der Waals surface area contributed by atoms with Gasteiger partial charge in [0.25, 0.3) is 11.8 Å². The van der Waals surface area contributed by atoms with E-state index in [0.717, 1.165) is 0 Å². The number of carbonyl (C=O) groups excluding carboxylic acids is 2. The third kappa shape index (κ3) is 4.78. The third-order valence-electron chi connectivity index (χ3n) is 3.17. The van der Waals surface area contributed by atoms with Crippen LogP contribution in [0.25, 0.3) is 0 Å². The molecule has 0 bridgehead atoms. The average Bonchev–Trinajstić information content (AvgIpc) is 2.53. The number of aromatic nitrogens is 2. The molecule has 1 aromatic heterocycles. The van der Waals surface area contributed by atoms with Crippen LogP contribution in [0, 0.1) is 0 Å². The molecule has 0 saturated carbocycles. The van der Waals surface area contributed by atoms with Crippen molar-refractivity contribution in [3.05, 3.63) is 39.5 Å². The molecule has 4 N–H and O–H groups in total. The molecule has 7 nitrogen and oxygen atoms in total. The summed E-state index contributed by atoms with van der Waals surface area (Å²) >= 11 is 13.5. The van der Waals surface area contributed by atoms with Crippen molar-refractivity contribution in [2.45, 2.75) is 25.0 Å². The summed E-state index contributed by atoms with van der Waals surface area (Å²) in [6.45, 7) is 3.71. The molecular weight excluding hydrogens is 397 g/mol. The van der Waals surface area contributed by atoms with Crippen LogP contribution < -0.4 is 16.4 Å². The van der Waals surface area contributed by atoms with Gasteiger partial charge < -0.3 is 16.4 Å². The highest BCUT2D eigenvalue weighted by Gasteiger charge is 2.19. The van der Waals surface area contributed by atoms with Crippen molar-refractivity contribution in [3.63, 3.8) is 0 Å². The van der Waals surface area contributed by atoms with Crippen LogP contribution >= 0.6 is 35.0 Å². The van der Waals surface area contributed by atoms with Crippen LogP contribution in [0.4, 0.5) is 11.5 Å². The zero-order valence-corrected chi connectivity index (χ0v) is 16.6. The summed E-state index contributed by atoms with van der Waals surface area (Å²) in [4.78, 5) is 32.0. The SMILES string of the molecule is CSc1nc(Cl)c(C(N)=O)c(Nc2ccc(C(=O)NC(C)C)c(Cl)c2)n1. The second-order valence-electron chi connectivity index (χ2n) is 5.54. The summed E-state index contributed by atoms with van der Waals surface area (Å²) in [6, 6.07) is 4.75. The monoisotopic (exact) mass is 413 g/mol. The van der Waals surface area contributed by atoms with Gasteiger partial charge in [-0.3, -0.25) is 9.59 Å². The van der Waals surface area contributed by atoms with Gasteiger partial charge in [-0.2, -0.15) is 0 Å². The van der Waals surface area contributed by atoms with Crippen molar-refractivity contribution in [2.24, 2.45) is 5.73 Å². The van der Waals surface area contributed by atoms with E-state index in [4.69, 9.17) is 28.9 Å². The molecule has 2 aromatic rings. The maximum Gasteiger partial charge on any atom is 0.255 e. The number of amides is 2. The van der Waals surface area contributed by atoms with Crippen molar-refractivity contribution >= 4 is 58.3 Å². The standard InChI is InChI=1S/C16H17Cl2N5O2S/c1-7(2)20-15(25)9-5-4-8(6-10(9)17)21-14-11(13(19)24)12(18)22-16(23-14)26-3/h4-7H,1-3H3,(H2,19,24)(H,20,25)(H,21,22,23). The summed E-state index contributed by atoms with van der Waals surface area (Å²) in [5.41, 5.74) is 6.20. The molecule has 0 aliphatic rings. The first-order chi connectivity index (χ1) is 12.2. The Morgan fingerprint density at radius 1 is 1.23 bits per heavy atom. The Kier molecular flexibility index (Phi) is 6.69. The molecule has 0 spiro atoms.